The van der Waals surface area contributed by atoms with Crippen molar-refractivity contribution in [3.63, 3.8) is 0 Å². The largest absolute Gasteiger partial charge is 0.394 e. The molecule has 9 atom stereocenters. The van der Waals surface area contributed by atoms with Crippen molar-refractivity contribution >= 4 is 5.91 Å². The first-order chi connectivity index (χ1) is 34.7. The molecule has 1 aliphatic heterocycles. The summed E-state index contributed by atoms with van der Waals surface area (Å²) < 4.78 is 11.1. The highest BCUT2D eigenvalue weighted by Gasteiger charge is 2.44. The standard InChI is InChI=1S/C60H115NO10/c1-3-5-7-9-11-13-15-17-19-20-21-22-23-24-25-26-27-28-29-30-31-32-34-35-37-39-41-43-45-47-52(63)55(65)51(50-70-60-58(68)57(67)56(66)54(49-62)71-60)61-59(69)53(64)48-46-44-42-40-38-36-33-18-16-14-12-10-8-6-4-2/h33,36,39,41,51-58,60,62-68H,3-32,34-35,37-38,40,42-50H2,1-2H3,(H,61,69)/b36-33-,41-39+. The minimum absolute atomic E-state index is 0.241. The summed E-state index contributed by atoms with van der Waals surface area (Å²) in [6, 6.07) is -1.19. The average molecular weight is 1010 g/mol. The lowest BCUT2D eigenvalue weighted by atomic mass is 9.98. The number of aliphatic hydroxyl groups excluding tert-OH is 7. The number of allylic oxidation sites excluding steroid dienone is 4. The Morgan fingerprint density at radius 3 is 1.21 bits per heavy atom. The molecule has 1 rings (SSSR count). The molecule has 71 heavy (non-hydrogen) atoms. The molecule has 420 valence electrons. The Morgan fingerprint density at radius 1 is 0.479 bits per heavy atom. The predicted octanol–water partition coefficient (Wildman–Crippen LogP) is 12.9. The number of amides is 1. The molecule has 0 bridgehead atoms. The van der Waals surface area contributed by atoms with E-state index in [-0.39, 0.29) is 12.8 Å². The Labute approximate surface area is 435 Å². The van der Waals surface area contributed by atoms with E-state index >= 15 is 0 Å². The van der Waals surface area contributed by atoms with Gasteiger partial charge in [0.25, 0.3) is 0 Å². The molecular formula is C60H115NO10. The maximum atomic E-state index is 13.1. The summed E-state index contributed by atoms with van der Waals surface area (Å²) in [6.45, 7) is 3.46. The number of hydrogen-bond donors (Lipinski definition) is 8. The van der Waals surface area contributed by atoms with Gasteiger partial charge < -0.3 is 50.5 Å². The molecule has 0 aromatic heterocycles. The number of nitrogens with one attached hydrogen (secondary N) is 1. The summed E-state index contributed by atoms with van der Waals surface area (Å²) in [6.07, 6.45) is 48.3. The van der Waals surface area contributed by atoms with Crippen molar-refractivity contribution in [2.75, 3.05) is 13.2 Å². The average Bonchev–Trinajstić information content (AvgIpc) is 3.37. The number of hydrogen-bond acceptors (Lipinski definition) is 10. The molecule has 1 saturated heterocycles. The van der Waals surface area contributed by atoms with Crippen LogP contribution in [0.25, 0.3) is 0 Å². The molecule has 0 aromatic rings. The Bertz CT molecular complexity index is 1200. The van der Waals surface area contributed by atoms with Crippen LogP contribution in [-0.2, 0) is 14.3 Å². The third kappa shape index (κ3) is 37.9. The monoisotopic (exact) mass is 1010 g/mol. The van der Waals surface area contributed by atoms with Crippen LogP contribution in [-0.4, -0.2) is 110 Å². The summed E-state index contributed by atoms with van der Waals surface area (Å²) in [4.78, 5) is 13.1. The van der Waals surface area contributed by atoms with Gasteiger partial charge in [-0.3, -0.25) is 4.79 Å². The smallest absolute Gasteiger partial charge is 0.249 e. The van der Waals surface area contributed by atoms with E-state index in [1.54, 1.807) is 0 Å². The molecule has 0 aromatic carbocycles. The predicted molar refractivity (Wildman–Crippen MR) is 293 cm³/mol. The summed E-state index contributed by atoms with van der Waals surface area (Å²) in [7, 11) is 0. The van der Waals surface area contributed by atoms with Crippen molar-refractivity contribution in [2.45, 2.75) is 339 Å². The second kappa shape index (κ2) is 49.5. The van der Waals surface area contributed by atoms with Gasteiger partial charge in [-0.05, 0) is 64.2 Å². The fourth-order valence-corrected chi connectivity index (χ4v) is 9.79. The van der Waals surface area contributed by atoms with E-state index in [0.717, 1.165) is 51.4 Å². The molecule has 11 nitrogen and oxygen atoms in total. The van der Waals surface area contributed by atoms with Crippen molar-refractivity contribution in [3.05, 3.63) is 24.3 Å². The number of rotatable bonds is 52. The highest BCUT2D eigenvalue weighted by atomic mass is 16.7. The maximum Gasteiger partial charge on any atom is 0.249 e. The molecule has 1 fully saturated rings. The van der Waals surface area contributed by atoms with Crippen LogP contribution in [0.2, 0.25) is 0 Å². The molecule has 11 heteroatoms. The Hall–Kier alpha value is -1.41. The van der Waals surface area contributed by atoms with E-state index in [1.807, 2.05) is 0 Å². The molecule has 0 spiro atoms. The lowest BCUT2D eigenvalue weighted by molar-refractivity contribution is -0.303. The number of carbonyl (C=O) groups is 1. The van der Waals surface area contributed by atoms with Crippen LogP contribution < -0.4 is 5.32 Å². The molecule has 8 N–H and O–H groups in total. The zero-order valence-electron chi connectivity index (χ0n) is 46.0. The first-order valence-corrected chi connectivity index (χ1v) is 30.2. The van der Waals surface area contributed by atoms with Crippen LogP contribution in [0.3, 0.4) is 0 Å². The minimum atomic E-state index is -1.67. The zero-order valence-corrected chi connectivity index (χ0v) is 46.0. The Kier molecular flexibility index (Phi) is 47.1. The first-order valence-electron chi connectivity index (χ1n) is 30.2. The molecule has 1 amide bonds. The second-order valence-electron chi connectivity index (χ2n) is 21.4. The number of unbranched alkanes of at least 4 members (excludes halogenated alkanes) is 36. The van der Waals surface area contributed by atoms with E-state index in [9.17, 15) is 40.5 Å². The second-order valence-corrected chi connectivity index (χ2v) is 21.4. The van der Waals surface area contributed by atoms with Gasteiger partial charge in [-0.1, -0.05) is 244 Å². The number of ether oxygens (including phenoxy) is 2. The van der Waals surface area contributed by atoms with Crippen molar-refractivity contribution in [1.29, 1.82) is 0 Å². The van der Waals surface area contributed by atoms with Gasteiger partial charge in [-0.2, -0.15) is 0 Å². The van der Waals surface area contributed by atoms with E-state index < -0.39 is 74.2 Å². The maximum absolute atomic E-state index is 13.1. The van der Waals surface area contributed by atoms with Crippen LogP contribution in [0.15, 0.2) is 24.3 Å². The fraction of sp³-hybridized carbons (Fsp3) is 0.917. The Balaban J connectivity index is 2.26. The summed E-state index contributed by atoms with van der Waals surface area (Å²) in [5.41, 5.74) is 0. The van der Waals surface area contributed by atoms with Crippen LogP contribution in [0, 0.1) is 0 Å². The summed E-state index contributed by atoms with van der Waals surface area (Å²) >= 11 is 0. The normalized spacial score (nSPS) is 20.3. The molecule has 0 saturated carbocycles. The van der Waals surface area contributed by atoms with Crippen molar-refractivity contribution < 1.29 is 50.0 Å². The van der Waals surface area contributed by atoms with Crippen molar-refractivity contribution in [2.24, 2.45) is 0 Å². The van der Waals surface area contributed by atoms with Gasteiger partial charge in [0.05, 0.1) is 25.4 Å². The first kappa shape index (κ1) is 67.6. The lowest BCUT2D eigenvalue weighted by Crippen LogP contribution is -2.60. The zero-order chi connectivity index (χ0) is 51.8. The van der Waals surface area contributed by atoms with Crippen LogP contribution >= 0.6 is 0 Å². The third-order valence-electron chi connectivity index (χ3n) is 14.7. The minimum Gasteiger partial charge on any atom is -0.394 e. The number of carbonyl (C=O) groups excluding carboxylic acids is 1. The van der Waals surface area contributed by atoms with Crippen LogP contribution in [0.5, 0.6) is 0 Å². The van der Waals surface area contributed by atoms with Gasteiger partial charge in [0.1, 0.15) is 36.6 Å². The van der Waals surface area contributed by atoms with Gasteiger partial charge in [-0.25, -0.2) is 0 Å². The quantitative estimate of drug-likeness (QED) is 0.0215. The van der Waals surface area contributed by atoms with E-state index in [1.165, 1.54) is 193 Å². The van der Waals surface area contributed by atoms with Crippen molar-refractivity contribution in [1.82, 2.24) is 5.32 Å². The van der Waals surface area contributed by atoms with E-state index in [4.69, 9.17) is 9.47 Å². The summed E-state index contributed by atoms with van der Waals surface area (Å²) in [5, 5.41) is 76.1. The third-order valence-corrected chi connectivity index (χ3v) is 14.7. The van der Waals surface area contributed by atoms with Crippen molar-refractivity contribution in [3.8, 4) is 0 Å². The highest BCUT2D eigenvalue weighted by Crippen LogP contribution is 2.23. The van der Waals surface area contributed by atoms with Crippen LogP contribution in [0.4, 0.5) is 0 Å². The van der Waals surface area contributed by atoms with Gasteiger partial charge in [0.15, 0.2) is 6.29 Å². The van der Waals surface area contributed by atoms with E-state index in [0.29, 0.717) is 12.8 Å². The molecule has 0 aliphatic carbocycles. The lowest BCUT2D eigenvalue weighted by Gasteiger charge is -2.40. The molecule has 9 unspecified atom stereocenters. The molecule has 1 aliphatic rings. The molecule has 1 heterocycles. The molecular weight excluding hydrogens is 895 g/mol. The fourth-order valence-electron chi connectivity index (χ4n) is 9.79. The Morgan fingerprint density at radius 2 is 0.831 bits per heavy atom. The SMILES string of the molecule is CCCCCCCCC/C=C\CCCCCCC(O)C(=O)NC(COC1OC(CO)C(O)C(O)C1O)C(O)C(O)CCC/C=C/CCCCCCCCCCCCCCCCCCCCCCCCCC. The highest BCUT2D eigenvalue weighted by molar-refractivity contribution is 5.80. The van der Waals surface area contributed by atoms with Gasteiger partial charge in [0, 0.05) is 0 Å². The topological polar surface area (TPSA) is 189 Å². The van der Waals surface area contributed by atoms with Gasteiger partial charge >= 0.3 is 0 Å². The number of aliphatic hydroxyl groups is 7. The molecule has 0 radical (unpaired) electrons. The van der Waals surface area contributed by atoms with Crippen LogP contribution in [0.1, 0.15) is 284 Å². The van der Waals surface area contributed by atoms with Gasteiger partial charge in [-0.15, -0.1) is 0 Å². The van der Waals surface area contributed by atoms with E-state index in [2.05, 4.69) is 43.5 Å². The van der Waals surface area contributed by atoms with Gasteiger partial charge in [0.2, 0.25) is 5.91 Å². The summed E-state index contributed by atoms with van der Waals surface area (Å²) in [5.74, 6) is -0.712.